The molecule has 0 heterocycles. The van der Waals surface area contributed by atoms with Crippen molar-refractivity contribution < 1.29 is 28.9 Å². The van der Waals surface area contributed by atoms with Crippen LogP contribution in [0.5, 0.6) is 17.2 Å². The van der Waals surface area contributed by atoms with Crippen molar-refractivity contribution in [3.8, 4) is 17.2 Å². The van der Waals surface area contributed by atoms with Crippen LogP contribution in [0.15, 0.2) is 30.3 Å². The second kappa shape index (κ2) is 8.64. The van der Waals surface area contributed by atoms with Gasteiger partial charge in [0.25, 0.3) is 5.91 Å². The first-order valence-corrected chi connectivity index (χ1v) is 8.37. The Morgan fingerprint density at radius 1 is 1.15 bits per heavy atom. The number of esters is 1. The second-order valence-electron chi connectivity index (χ2n) is 5.72. The number of hydrogen-bond donors (Lipinski definition) is 2. The van der Waals surface area contributed by atoms with E-state index in [9.17, 15) is 14.7 Å². The molecule has 0 aliphatic carbocycles. The summed E-state index contributed by atoms with van der Waals surface area (Å²) in [5, 5.41) is 13.0. The molecule has 1 atom stereocenters. The molecule has 2 N–H and O–H groups in total. The third-order valence-corrected chi connectivity index (χ3v) is 4.22. The number of halogens is 1. The maximum atomic E-state index is 12.4. The van der Waals surface area contributed by atoms with E-state index in [0.29, 0.717) is 22.2 Å². The van der Waals surface area contributed by atoms with Gasteiger partial charge in [-0.3, -0.25) is 4.79 Å². The number of anilines is 1. The number of amides is 1. The SMILES string of the molecule is COc1ccc(C(=O)O[C@H](C)C(=O)Nc2cc(C)c(Cl)cc2OC)c(O)c1. The van der Waals surface area contributed by atoms with Crippen molar-refractivity contribution >= 4 is 29.2 Å². The number of methoxy groups -OCH3 is 2. The monoisotopic (exact) mass is 393 g/mol. The summed E-state index contributed by atoms with van der Waals surface area (Å²) in [5.41, 5.74) is 1.08. The van der Waals surface area contributed by atoms with Gasteiger partial charge in [0, 0.05) is 17.2 Å². The molecule has 7 nitrogen and oxygen atoms in total. The number of nitrogens with one attached hydrogen (secondary N) is 1. The summed E-state index contributed by atoms with van der Waals surface area (Å²) in [6, 6.07) is 7.37. The zero-order valence-corrected chi connectivity index (χ0v) is 16.1. The van der Waals surface area contributed by atoms with Crippen LogP contribution in [0, 0.1) is 6.92 Å². The minimum Gasteiger partial charge on any atom is -0.507 e. The van der Waals surface area contributed by atoms with E-state index in [0.717, 1.165) is 5.56 Å². The fraction of sp³-hybridized carbons (Fsp3) is 0.263. The number of aromatic hydroxyl groups is 1. The van der Waals surface area contributed by atoms with Crippen LogP contribution in [-0.4, -0.2) is 37.3 Å². The molecular formula is C19H20ClNO6. The molecule has 2 rings (SSSR count). The quantitative estimate of drug-likeness (QED) is 0.729. The molecule has 27 heavy (non-hydrogen) atoms. The van der Waals surface area contributed by atoms with Crippen molar-refractivity contribution in [2.75, 3.05) is 19.5 Å². The van der Waals surface area contributed by atoms with Gasteiger partial charge in [-0.05, 0) is 37.6 Å². The lowest BCUT2D eigenvalue weighted by atomic mass is 10.2. The van der Waals surface area contributed by atoms with Crippen LogP contribution in [0.4, 0.5) is 5.69 Å². The van der Waals surface area contributed by atoms with Gasteiger partial charge in [0.2, 0.25) is 0 Å². The number of hydrogen-bond acceptors (Lipinski definition) is 6. The molecule has 0 aliphatic heterocycles. The van der Waals surface area contributed by atoms with Crippen molar-refractivity contribution in [1.29, 1.82) is 0 Å². The van der Waals surface area contributed by atoms with Crippen molar-refractivity contribution in [2.24, 2.45) is 0 Å². The predicted octanol–water partition coefficient (Wildman–Crippen LogP) is 3.56. The topological polar surface area (TPSA) is 94.1 Å². The lowest BCUT2D eigenvalue weighted by Crippen LogP contribution is -2.30. The average Bonchev–Trinajstić information content (AvgIpc) is 2.63. The smallest absolute Gasteiger partial charge is 0.342 e. The van der Waals surface area contributed by atoms with E-state index < -0.39 is 18.0 Å². The Balaban J connectivity index is 2.10. The van der Waals surface area contributed by atoms with E-state index in [4.69, 9.17) is 25.8 Å². The Morgan fingerprint density at radius 2 is 1.85 bits per heavy atom. The van der Waals surface area contributed by atoms with E-state index in [-0.39, 0.29) is 11.3 Å². The number of carbonyl (C=O) groups excluding carboxylic acids is 2. The molecule has 0 spiro atoms. The molecular weight excluding hydrogens is 374 g/mol. The van der Waals surface area contributed by atoms with Gasteiger partial charge in [0.1, 0.15) is 22.8 Å². The number of carbonyl (C=O) groups is 2. The second-order valence-corrected chi connectivity index (χ2v) is 6.13. The van der Waals surface area contributed by atoms with Crippen LogP contribution < -0.4 is 14.8 Å². The van der Waals surface area contributed by atoms with E-state index in [1.807, 2.05) is 0 Å². The van der Waals surface area contributed by atoms with Crippen molar-refractivity contribution in [2.45, 2.75) is 20.0 Å². The molecule has 144 valence electrons. The fourth-order valence-corrected chi connectivity index (χ4v) is 2.41. The van der Waals surface area contributed by atoms with Crippen molar-refractivity contribution in [1.82, 2.24) is 0 Å². The van der Waals surface area contributed by atoms with Gasteiger partial charge in [-0.15, -0.1) is 0 Å². The van der Waals surface area contributed by atoms with Crippen molar-refractivity contribution in [3.63, 3.8) is 0 Å². The summed E-state index contributed by atoms with van der Waals surface area (Å²) >= 11 is 6.04. The largest absolute Gasteiger partial charge is 0.507 e. The first kappa shape index (κ1) is 20.4. The standard InChI is InChI=1S/C19H20ClNO6/c1-10-7-15(17(26-4)9-14(10)20)21-18(23)11(2)27-19(24)13-6-5-12(25-3)8-16(13)22/h5-9,11,22H,1-4H3,(H,21,23)/t11-/m1/s1. The summed E-state index contributed by atoms with van der Waals surface area (Å²) in [6.45, 7) is 3.20. The van der Waals surface area contributed by atoms with Crippen LogP contribution in [0.25, 0.3) is 0 Å². The van der Waals surface area contributed by atoms with E-state index >= 15 is 0 Å². The summed E-state index contributed by atoms with van der Waals surface area (Å²) in [6.07, 6.45) is -1.11. The number of aryl methyl sites for hydroxylation is 1. The normalized spacial score (nSPS) is 11.4. The summed E-state index contributed by atoms with van der Waals surface area (Å²) < 4.78 is 15.3. The predicted molar refractivity (Wildman–Crippen MR) is 101 cm³/mol. The highest BCUT2D eigenvalue weighted by Gasteiger charge is 2.22. The summed E-state index contributed by atoms with van der Waals surface area (Å²) in [7, 11) is 2.89. The maximum absolute atomic E-state index is 12.4. The average molecular weight is 394 g/mol. The molecule has 0 radical (unpaired) electrons. The Kier molecular flexibility index (Phi) is 6.52. The highest BCUT2D eigenvalue weighted by Crippen LogP contribution is 2.31. The lowest BCUT2D eigenvalue weighted by molar-refractivity contribution is -0.123. The number of phenolic OH excluding ortho intramolecular Hbond substituents is 1. The molecule has 0 aliphatic rings. The molecule has 2 aromatic carbocycles. The van der Waals surface area contributed by atoms with Crippen LogP contribution in [0.2, 0.25) is 5.02 Å². The zero-order valence-electron chi connectivity index (χ0n) is 15.3. The molecule has 0 saturated heterocycles. The first-order valence-electron chi connectivity index (χ1n) is 7.99. The highest BCUT2D eigenvalue weighted by atomic mass is 35.5. The Hall–Kier alpha value is -2.93. The number of benzene rings is 2. The number of rotatable bonds is 6. The zero-order chi connectivity index (χ0) is 20.1. The maximum Gasteiger partial charge on any atom is 0.342 e. The van der Waals surface area contributed by atoms with E-state index in [2.05, 4.69) is 5.32 Å². The molecule has 8 heteroatoms. The molecule has 0 bridgehead atoms. The number of ether oxygens (including phenoxy) is 3. The minimum absolute atomic E-state index is 0.0737. The van der Waals surface area contributed by atoms with Crippen molar-refractivity contribution in [3.05, 3.63) is 46.5 Å². The third kappa shape index (κ3) is 4.83. The van der Waals surface area contributed by atoms with Crippen LogP contribution >= 0.6 is 11.6 Å². The minimum atomic E-state index is -1.11. The fourth-order valence-electron chi connectivity index (χ4n) is 2.25. The van der Waals surface area contributed by atoms with Gasteiger partial charge in [-0.1, -0.05) is 11.6 Å². The van der Waals surface area contributed by atoms with E-state index in [1.54, 1.807) is 19.1 Å². The van der Waals surface area contributed by atoms with Crippen LogP contribution in [-0.2, 0) is 9.53 Å². The summed E-state index contributed by atoms with van der Waals surface area (Å²) in [4.78, 5) is 24.6. The van der Waals surface area contributed by atoms with Gasteiger partial charge in [-0.2, -0.15) is 0 Å². The molecule has 0 aromatic heterocycles. The van der Waals surface area contributed by atoms with Gasteiger partial charge >= 0.3 is 5.97 Å². The molecule has 0 fully saturated rings. The van der Waals surface area contributed by atoms with E-state index in [1.165, 1.54) is 39.3 Å². The Labute approximate surface area is 161 Å². The van der Waals surface area contributed by atoms with Gasteiger partial charge in [0.05, 0.1) is 19.9 Å². The van der Waals surface area contributed by atoms with Gasteiger partial charge in [0.15, 0.2) is 6.10 Å². The molecule has 2 aromatic rings. The first-order chi connectivity index (χ1) is 12.8. The van der Waals surface area contributed by atoms with Crippen LogP contribution in [0.3, 0.4) is 0 Å². The third-order valence-electron chi connectivity index (χ3n) is 3.82. The number of phenols is 1. The molecule has 1 amide bonds. The molecule has 0 unspecified atom stereocenters. The van der Waals surface area contributed by atoms with Gasteiger partial charge < -0.3 is 24.6 Å². The Morgan fingerprint density at radius 3 is 2.44 bits per heavy atom. The summed E-state index contributed by atoms with van der Waals surface area (Å²) in [5.74, 6) is -0.930. The van der Waals surface area contributed by atoms with Gasteiger partial charge in [-0.25, -0.2) is 4.79 Å². The van der Waals surface area contributed by atoms with Crippen LogP contribution in [0.1, 0.15) is 22.8 Å². The molecule has 0 saturated carbocycles. The Bertz CT molecular complexity index is 868. The highest BCUT2D eigenvalue weighted by molar-refractivity contribution is 6.31. The lowest BCUT2D eigenvalue weighted by Gasteiger charge is -2.16.